The maximum atomic E-state index is 6.46. The molecule has 66 heavy (non-hydrogen) atoms. The highest BCUT2D eigenvalue weighted by atomic mass is 16.3. The summed E-state index contributed by atoms with van der Waals surface area (Å²) in [5.74, 6) is 1.75. The number of fused-ring (bicyclic) bond motifs is 7. The van der Waals surface area contributed by atoms with Crippen LogP contribution in [0.1, 0.15) is 0 Å². The Hall–Kier alpha value is -9.00. The Morgan fingerprint density at radius 1 is 0.227 bits per heavy atom. The molecule has 6 heteroatoms. The van der Waals surface area contributed by atoms with Crippen molar-refractivity contribution in [1.29, 1.82) is 0 Å². The molecule has 6 nitrogen and oxygen atoms in total. The van der Waals surface area contributed by atoms with Crippen LogP contribution in [0, 0.1) is 0 Å². The van der Waals surface area contributed by atoms with Crippen molar-refractivity contribution in [3.8, 4) is 78.9 Å². The largest absolute Gasteiger partial charge is 0.456 e. The molecule has 0 amide bonds. The average molecular weight is 845 g/mol. The first kappa shape index (κ1) is 37.5. The molecular weight excluding hydrogens is 809 g/mol. The second-order valence-corrected chi connectivity index (χ2v) is 16.6. The number of hydrogen-bond acceptors (Lipinski definition) is 6. The zero-order valence-corrected chi connectivity index (χ0v) is 35.4. The van der Waals surface area contributed by atoms with Crippen LogP contribution in [0.4, 0.5) is 0 Å². The van der Waals surface area contributed by atoms with Crippen molar-refractivity contribution in [1.82, 2.24) is 19.9 Å². The van der Waals surface area contributed by atoms with Crippen molar-refractivity contribution in [2.24, 2.45) is 0 Å². The Kier molecular flexibility index (Phi) is 8.74. The van der Waals surface area contributed by atoms with Gasteiger partial charge in [0, 0.05) is 49.4 Å². The Bertz CT molecular complexity index is 4000. The van der Waals surface area contributed by atoms with Crippen molar-refractivity contribution in [3.05, 3.63) is 218 Å². The van der Waals surface area contributed by atoms with E-state index in [1.807, 2.05) is 60.7 Å². The standard InChI is InChI=1S/C60H36N4O2/c1-3-13-37(14-4-1)52-32-47(33-53(61-52)44-25-27-49-48-23-9-10-24-54(48)65-55(49)35-44)41-21-11-19-39(29-41)40-20-12-22-45(30-40)59-62-58(38-15-5-2-6-16-38)63-60(64-59)46-26-28-50-51-31-42-17-7-8-18-43(42)34-57(51)66-56(50)36-46/h1-36H. The number of hydrogen-bond donors (Lipinski definition) is 0. The van der Waals surface area contributed by atoms with Gasteiger partial charge in [-0.25, -0.2) is 19.9 Å². The zero-order valence-electron chi connectivity index (χ0n) is 35.4. The maximum Gasteiger partial charge on any atom is 0.164 e. The van der Waals surface area contributed by atoms with Gasteiger partial charge in [0.25, 0.3) is 0 Å². The average Bonchev–Trinajstić information content (AvgIpc) is 3.95. The van der Waals surface area contributed by atoms with Gasteiger partial charge < -0.3 is 8.83 Å². The Balaban J connectivity index is 0.893. The molecule has 0 fully saturated rings. The van der Waals surface area contributed by atoms with Crippen LogP contribution in [-0.2, 0) is 0 Å². The molecule has 0 unspecified atom stereocenters. The summed E-state index contributed by atoms with van der Waals surface area (Å²) < 4.78 is 12.8. The molecule has 4 aromatic heterocycles. The fourth-order valence-corrected chi connectivity index (χ4v) is 9.15. The lowest BCUT2D eigenvalue weighted by Gasteiger charge is -2.12. The molecule has 0 bridgehead atoms. The summed E-state index contributed by atoms with van der Waals surface area (Å²) in [5, 5.41) is 6.65. The van der Waals surface area contributed by atoms with Crippen molar-refractivity contribution in [2.75, 3.05) is 0 Å². The first-order valence-corrected chi connectivity index (χ1v) is 22.0. The van der Waals surface area contributed by atoms with Gasteiger partial charge in [-0.2, -0.15) is 0 Å². The molecule has 0 atom stereocenters. The third kappa shape index (κ3) is 6.68. The molecule has 0 N–H and O–H groups in total. The minimum absolute atomic E-state index is 0.570. The first-order chi connectivity index (χ1) is 32.6. The molecule has 0 aliphatic rings. The molecule has 4 heterocycles. The minimum atomic E-state index is 0.570. The van der Waals surface area contributed by atoms with E-state index in [-0.39, 0.29) is 0 Å². The van der Waals surface area contributed by atoms with Gasteiger partial charge in [-0.05, 0) is 99.8 Å². The molecule has 0 saturated heterocycles. The monoisotopic (exact) mass is 844 g/mol. The summed E-state index contributed by atoms with van der Waals surface area (Å²) in [6.45, 7) is 0. The zero-order chi connectivity index (χ0) is 43.6. The van der Waals surface area contributed by atoms with Gasteiger partial charge in [-0.1, -0.05) is 152 Å². The quantitative estimate of drug-likeness (QED) is 0.159. The van der Waals surface area contributed by atoms with E-state index in [4.69, 9.17) is 28.8 Å². The third-order valence-electron chi connectivity index (χ3n) is 12.5. The smallest absolute Gasteiger partial charge is 0.164 e. The molecule has 13 rings (SSSR count). The Labute approximate surface area is 379 Å². The lowest BCUT2D eigenvalue weighted by atomic mass is 9.96. The number of rotatable bonds is 7. The molecule has 0 spiro atoms. The van der Waals surface area contributed by atoms with E-state index in [9.17, 15) is 0 Å². The van der Waals surface area contributed by atoms with Crippen LogP contribution in [0.5, 0.6) is 0 Å². The second kappa shape index (κ2) is 15.4. The van der Waals surface area contributed by atoms with Crippen LogP contribution >= 0.6 is 0 Å². The molecule has 0 saturated carbocycles. The Morgan fingerprint density at radius 2 is 0.682 bits per heavy atom. The highest BCUT2D eigenvalue weighted by Crippen LogP contribution is 2.38. The van der Waals surface area contributed by atoms with E-state index < -0.39 is 0 Å². The van der Waals surface area contributed by atoms with Gasteiger partial charge in [0.1, 0.15) is 22.3 Å². The van der Waals surface area contributed by atoms with Crippen LogP contribution in [0.15, 0.2) is 227 Å². The van der Waals surface area contributed by atoms with Crippen LogP contribution in [0.2, 0.25) is 0 Å². The van der Waals surface area contributed by atoms with Gasteiger partial charge >= 0.3 is 0 Å². The van der Waals surface area contributed by atoms with Crippen molar-refractivity contribution in [2.45, 2.75) is 0 Å². The van der Waals surface area contributed by atoms with Crippen LogP contribution in [0.3, 0.4) is 0 Å². The fraction of sp³-hybridized carbons (Fsp3) is 0. The summed E-state index contributed by atoms with van der Waals surface area (Å²) in [5.41, 5.74) is 14.0. The summed E-state index contributed by atoms with van der Waals surface area (Å²) in [4.78, 5) is 20.5. The topological polar surface area (TPSA) is 77.8 Å². The number of pyridine rings is 1. The van der Waals surface area contributed by atoms with E-state index in [1.165, 1.54) is 5.39 Å². The van der Waals surface area contributed by atoms with Gasteiger partial charge in [-0.15, -0.1) is 0 Å². The highest BCUT2D eigenvalue weighted by Gasteiger charge is 2.17. The summed E-state index contributed by atoms with van der Waals surface area (Å²) in [6.07, 6.45) is 0. The molecule has 0 aliphatic carbocycles. The Morgan fingerprint density at radius 3 is 1.41 bits per heavy atom. The first-order valence-electron chi connectivity index (χ1n) is 22.0. The normalized spacial score (nSPS) is 11.6. The van der Waals surface area contributed by atoms with Crippen molar-refractivity contribution < 1.29 is 8.83 Å². The molecule has 9 aromatic carbocycles. The highest BCUT2D eigenvalue weighted by molar-refractivity contribution is 6.11. The van der Waals surface area contributed by atoms with Crippen LogP contribution in [-0.4, -0.2) is 19.9 Å². The molecule has 0 aliphatic heterocycles. The van der Waals surface area contributed by atoms with E-state index in [0.717, 1.165) is 111 Å². The summed E-state index contributed by atoms with van der Waals surface area (Å²) >= 11 is 0. The van der Waals surface area contributed by atoms with E-state index in [0.29, 0.717) is 17.5 Å². The number of nitrogens with zero attached hydrogens (tertiary/aromatic N) is 4. The van der Waals surface area contributed by atoms with E-state index in [2.05, 4.69) is 158 Å². The number of para-hydroxylation sites is 1. The lowest BCUT2D eigenvalue weighted by molar-refractivity contribution is 0.669. The van der Waals surface area contributed by atoms with Gasteiger partial charge in [-0.3, -0.25) is 0 Å². The number of benzene rings is 9. The van der Waals surface area contributed by atoms with Crippen molar-refractivity contribution >= 4 is 54.6 Å². The van der Waals surface area contributed by atoms with Crippen molar-refractivity contribution in [3.63, 3.8) is 0 Å². The number of aromatic nitrogens is 4. The van der Waals surface area contributed by atoms with Gasteiger partial charge in [0.2, 0.25) is 0 Å². The second-order valence-electron chi connectivity index (χ2n) is 16.6. The lowest BCUT2D eigenvalue weighted by Crippen LogP contribution is -2.00. The van der Waals surface area contributed by atoms with E-state index in [1.54, 1.807) is 0 Å². The predicted molar refractivity (Wildman–Crippen MR) is 268 cm³/mol. The maximum absolute atomic E-state index is 6.46. The van der Waals surface area contributed by atoms with Crippen LogP contribution in [0.25, 0.3) is 134 Å². The minimum Gasteiger partial charge on any atom is -0.456 e. The van der Waals surface area contributed by atoms with E-state index >= 15 is 0 Å². The SMILES string of the molecule is c1ccc(-c2cc(-c3cccc(-c4cccc(-c5nc(-c6ccccc6)nc(-c6ccc7c(c6)oc6cc8ccccc8cc67)n5)c4)c3)cc(-c3ccc4c(c3)oc3ccccc34)n2)cc1. The van der Waals surface area contributed by atoms with Crippen LogP contribution < -0.4 is 0 Å². The fourth-order valence-electron chi connectivity index (χ4n) is 9.15. The molecule has 0 radical (unpaired) electrons. The third-order valence-corrected chi connectivity index (χ3v) is 12.5. The summed E-state index contributed by atoms with van der Waals surface area (Å²) in [6, 6.07) is 75.3. The van der Waals surface area contributed by atoms with Gasteiger partial charge in [0.15, 0.2) is 17.5 Å². The summed E-state index contributed by atoms with van der Waals surface area (Å²) in [7, 11) is 0. The van der Waals surface area contributed by atoms with Gasteiger partial charge in [0.05, 0.1) is 11.4 Å². The molecular formula is C60H36N4O2. The molecule has 308 valence electrons. The number of furan rings is 2. The molecule has 13 aromatic rings. The predicted octanol–water partition coefficient (Wildman–Crippen LogP) is 15.9.